The summed E-state index contributed by atoms with van der Waals surface area (Å²) >= 11 is 6.33. The second-order valence-electron chi connectivity index (χ2n) is 8.80. The third kappa shape index (κ3) is 4.17. The number of hydrogen-bond donors (Lipinski definition) is 0. The van der Waals surface area contributed by atoms with Crippen LogP contribution in [0.3, 0.4) is 0 Å². The van der Waals surface area contributed by atoms with Crippen LogP contribution in [0, 0.1) is 17.8 Å². The van der Waals surface area contributed by atoms with Gasteiger partial charge in [0.15, 0.2) is 24.8 Å². The first-order valence-corrected chi connectivity index (χ1v) is 11.2. The van der Waals surface area contributed by atoms with E-state index >= 15 is 0 Å². The van der Waals surface area contributed by atoms with E-state index in [-0.39, 0.29) is 0 Å². The summed E-state index contributed by atoms with van der Waals surface area (Å²) in [6.07, 6.45) is 9.65. The van der Waals surface area contributed by atoms with E-state index in [9.17, 15) is 0 Å². The van der Waals surface area contributed by atoms with Gasteiger partial charge in [-0.25, -0.2) is 4.99 Å². The Kier molecular flexibility index (Phi) is 5.86. The van der Waals surface area contributed by atoms with Gasteiger partial charge in [0.1, 0.15) is 0 Å². The van der Waals surface area contributed by atoms with Gasteiger partial charge in [0, 0.05) is 24.0 Å². The second kappa shape index (κ2) is 8.36. The maximum absolute atomic E-state index is 6.33. The topological polar surface area (TPSA) is 31.0 Å². The van der Waals surface area contributed by atoms with Crippen molar-refractivity contribution in [2.45, 2.75) is 52.4 Å². The van der Waals surface area contributed by atoms with Gasteiger partial charge in [-0.15, -0.1) is 0 Å². The Labute approximate surface area is 174 Å². The lowest BCUT2D eigenvalue weighted by molar-refractivity contribution is -0.502. The number of rotatable bonds is 0. The van der Waals surface area contributed by atoms with Gasteiger partial charge in [-0.3, -0.25) is 0 Å². The molecule has 3 atom stereocenters. The van der Waals surface area contributed by atoms with Crippen LogP contribution in [0.25, 0.3) is 0 Å². The fourth-order valence-corrected chi connectivity index (χ4v) is 4.88. The molecule has 150 valence electrons. The lowest BCUT2D eigenvalue weighted by Crippen LogP contribution is -2.45. The smallest absolute Gasteiger partial charge is 0.176 e. The van der Waals surface area contributed by atoms with Crippen LogP contribution in [0.5, 0.6) is 0 Å². The minimum absolute atomic E-state index is 0.354. The van der Waals surface area contributed by atoms with Crippen molar-refractivity contribution in [2.24, 2.45) is 27.8 Å². The summed E-state index contributed by atoms with van der Waals surface area (Å²) in [6.45, 7) is 6.82. The predicted molar refractivity (Wildman–Crippen MR) is 118 cm³/mol. The molecule has 1 aromatic carbocycles. The summed E-state index contributed by atoms with van der Waals surface area (Å²) in [5.74, 6) is 2.62. The third-order valence-electron chi connectivity index (χ3n) is 6.52. The molecule has 1 saturated heterocycles. The molecule has 0 amide bonds. The first-order valence-electron chi connectivity index (χ1n) is 10.8. The van der Waals surface area contributed by atoms with Gasteiger partial charge in [0.05, 0.1) is 11.6 Å². The van der Waals surface area contributed by atoms with Gasteiger partial charge in [-0.05, 0) is 54.0 Å². The average molecular weight is 400 g/mol. The summed E-state index contributed by atoms with van der Waals surface area (Å²) in [5.41, 5.74) is 3.43. The summed E-state index contributed by atoms with van der Waals surface area (Å²) in [4.78, 5) is 7.72. The van der Waals surface area contributed by atoms with Gasteiger partial charge >= 0.3 is 0 Å². The quantitative estimate of drug-likeness (QED) is 0.554. The van der Waals surface area contributed by atoms with E-state index in [4.69, 9.17) is 21.7 Å². The standard InChI is InChI=1S/C23H32ClN4/c1-16-7-5-4-6-11-28(12-10-16)23-22-17(2)19(15-27(3)26-22)13-18-14-20(24)8-9-21(18)25-23/h8-9,14-17,19H,4-7,10-13H2,1-3H3/q+1. The summed E-state index contributed by atoms with van der Waals surface area (Å²) in [7, 11) is 2.04. The normalized spacial score (nSPS) is 28.5. The number of amidine groups is 1. The number of nitrogens with zero attached hydrogens (tertiary/aromatic N) is 4. The van der Waals surface area contributed by atoms with E-state index in [2.05, 4.69) is 37.1 Å². The Bertz CT molecular complexity index is 826. The van der Waals surface area contributed by atoms with Gasteiger partial charge in [-0.2, -0.15) is 0 Å². The first kappa shape index (κ1) is 19.6. The minimum atomic E-state index is 0.354. The lowest BCUT2D eigenvalue weighted by Gasteiger charge is -2.32. The van der Waals surface area contributed by atoms with Crippen molar-refractivity contribution in [3.63, 3.8) is 0 Å². The Morgan fingerprint density at radius 2 is 1.96 bits per heavy atom. The molecule has 0 aliphatic carbocycles. The maximum atomic E-state index is 6.33. The predicted octanol–water partition coefficient (Wildman–Crippen LogP) is 5.16. The molecule has 1 fully saturated rings. The molecule has 3 heterocycles. The first-order chi connectivity index (χ1) is 13.5. The van der Waals surface area contributed by atoms with Crippen LogP contribution in [0.2, 0.25) is 5.02 Å². The molecule has 28 heavy (non-hydrogen) atoms. The Morgan fingerprint density at radius 1 is 1.11 bits per heavy atom. The zero-order chi connectivity index (χ0) is 19.7. The maximum Gasteiger partial charge on any atom is 0.176 e. The largest absolute Gasteiger partial charge is 0.355 e. The summed E-state index contributed by atoms with van der Waals surface area (Å²) < 4.78 is 1.99. The van der Waals surface area contributed by atoms with Gasteiger partial charge in [-0.1, -0.05) is 49.4 Å². The van der Waals surface area contributed by atoms with Crippen molar-refractivity contribution in [1.29, 1.82) is 0 Å². The van der Waals surface area contributed by atoms with Crippen molar-refractivity contribution >= 4 is 35.1 Å². The van der Waals surface area contributed by atoms with Crippen LogP contribution in [-0.4, -0.2) is 47.5 Å². The SMILES string of the molecule is CC1CCCCCN(C2=Nc3ccc(Cl)cc3CC3C=[N+](C)N=C2C3C)CC1. The molecular formula is C23H32ClN4+. The van der Waals surface area contributed by atoms with Crippen LogP contribution in [0.15, 0.2) is 28.3 Å². The number of aliphatic imine (C=N–C) groups is 1. The molecular weight excluding hydrogens is 368 g/mol. The van der Waals surface area contributed by atoms with Crippen molar-refractivity contribution < 1.29 is 4.68 Å². The van der Waals surface area contributed by atoms with Crippen LogP contribution in [0.1, 0.15) is 51.5 Å². The van der Waals surface area contributed by atoms with Gasteiger partial charge in [0.2, 0.25) is 0 Å². The number of hydrazone groups is 1. The molecule has 2 bridgehead atoms. The van der Waals surface area contributed by atoms with Crippen LogP contribution < -0.4 is 0 Å². The third-order valence-corrected chi connectivity index (χ3v) is 6.75. The molecule has 3 aliphatic rings. The van der Waals surface area contributed by atoms with Crippen molar-refractivity contribution in [3.8, 4) is 0 Å². The van der Waals surface area contributed by atoms with Gasteiger partial charge < -0.3 is 4.90 Å². The monoisotopic (exact) mass is 399 g/mol. The number of halogens is 1. The highest BCUT2D eigenvalue weighted by Gasteiger charge is 2.36. The molecule has 3 aliphatic heterocycles. The zero-order valence-corrected chi connectivity index (χ0v) is 18.1. The Hall–Kier alpha value is -1.68. The second-order valence-corrected chi connectivity index (χ2v) is 9.24. The van der Waals surface area contributed by atoms with E-state index in [0.29, 0.717) is 11.8 Å². The minimum Gasteiger partial charge on any atom is -0.355 e. The molecule has 3 unspecified atom stereocenters. The fourth-order valence-electron chi connectivity index (χ4n) is 4.68. The number of hydrogen-bond acceptors (Lipinski definition) is 3. The highest BCUT2D eigenvalue weighted by molar-refractivity contribution is 6.42. The van der Waals surface area contributed by atoms with E-state index in [1.165, 1.54) is 37.7 Å². The fraction of sp³-hybridized carbons (Fsp3) is 0.609. The summed E-state index contributed by atoms with van der Waals surface area (Å²) in [6, 6.07) is 6.13. The van der Waals surface area contributed by atoms with E-state index in [0.717, 1.165) is 47.7 Å². The Balaban J connectivity index is 1.80. The van der Waals surface area contributed by atoms with E-state index < -0.39 is 0 Å². The van der Waals surface area contributed by atoms with Gasteiger partial charge in [0.25, 0.3) is 0 Å². The summed E-state index contributed by atoms with van der Waals surface area (Å²) in [5, 5.41) is 5.71. The number of benzene rings is 1. The Morgan fingerprint density at radius 3 is 2.82 bits per heavy atom. The van der Waals surface area contributed by atoms with E-state index in [1.54, 1.807) is 0 Å². The van der Waals surface area contributed by atoms with Crippen molar-refractivity contribution in [3.05, 3.63) is 28.8 Å². The van der Waals surface area contributed by atoms with Crippen molar-refractivity contribution in [2.75, 3.05) is 20.1 Å². The van der Waals surface area contributed by atoms with Crippen molar-refractivity contribution in [1.82, 2.24) is 4.90 Å². The zero-order valence-electron chi connectivity index (χ0n) is 17.4. The molecule has 0 radical (unpaired) electrons. The van der Waals surface area contributed by atoms with Crippen LogP contribution in [-0.2, 0) is 6.42 Å². The molecule has 1 aromatic rings. The highest BCUT2D eigenvalue weighted by atomic mass is 35.5. The number of fused-ring (bicyclic) bond motifs is 3. The lowest BCUT2D eigenvalue weighted by atomic mass is 9.82. The highest BCUT2D eigenvalue weighted by Crippen LogP contribution is 2.33. The molecule has 4 nitrogen and oxygen atoms in total. The molecule has 4 rings (SSSR count). The molecule has 0 N–H and O–H groups in total. The van der Waals surface area contributed by atoms with E-state index in [1.807, 2.05) is 17.8 Å². The van der Waals surface area contributed by atoms with Crippen LogP contribution in [0.4, 0.5) is 5.69 Å². The molecule has 5 heteroatoms. The molecule has 0 spiro atoms. The van der Waals surface area contributed by atoms with Crippen LogP contribution >= 0.6 is 11.6 Å². The molecule has 0 saturated carbocycles. The average Bonchev–Trinajstić information content (AvgIpc) is 2.76. The molecule has 0 aromatic heterocycles.